The number of amides is 2. The van der Waals surface area contributed by atoms with Gasteiger partial charge in [0.2, 0.25) is 0 Å². The van der Waals surface area contributed by atoms with Crippen LogP contribution in [-0.2, 0) is 11.3 Å². The lowest BCUT2D eigenvalue weighted by Gasteiger charge is -2.14. The standard InChI is InChI=1S/C26H24N4O3/c1-18-8-3-5-11-22(18)25(31)29-23(16-21-10-7-15-33-21)26(32)28-17-20-9-4-6-12-24(20)30-14-13-27-19(30)2/h3-16H,17H2,1-2H3,(H,28,32)(H,29,31)/b23-16-. The van der Waals surface area contributed by atoms with Gasteiger partial charge in [-0.25, -0.2) is 4.98 Å². The number of hydrogen-bond acceptors (Lipinski definition) is 4. The first-order valence-corrected chi connectivity index (χ1v) is 10.5. The number of aryl methyl sites for hydroxylation is 2. The van der Waals surface area contributed by atoms with Gasteiger partial charge in [0.25, 0.3) is 11.8 Å². The Labute approximate surface area is 191 Å². The Hall–Kier alpha value is -4.39. The highest BCUT2D eigenvalue weighted by Crippen LogP contribution is 2.16. The van der Waals surface area contributed by atoms with Crippen LogP contribution in [0.15, 0.2) is 89.4 Å². The maximum absolute atomic E-state index is 13.1. The van der Waals surface area contributed by atoms with Gasteiger partial charge in [-0.1, -0.05) is 36.4 Å². The third-order valence-corrected chi connectivity index (χ3v) is 5.23. The van der Waals surface area contributed by atoms with Crippen LogP contribution >= 0.6 is 0 Å². The number of furan rings is 1. The average molecular weight is 441 g/mol. The molecule has 0 fully saturated rings. The molecule has 2 aromatic carbocycles. The van der Waals surface area contributed by atoms with E-state index in [2.05, 4.69) is 15.6 Å². The summed E-state index contributed by atoms with van der Waals surface area (Å²) >= 11 is 0. The van der Waals surface area contributed by atoms with Gasteiger partial charge in [0, 0.05) is 30.6 Å². The summed E-state index contributed by atoms with van der Waals surface area (Å²) in [6, 6.07) is 18.4. The molecule has 7 nitrogen and oxygen atoms in total. The lowest BCUT2D eigenvalue weighted by Crippen LogP contribution is -2.35. The Morgan fingerprint density at radius 1 is 1.03 bits per heavy atom. The van der Waals surface area contributed by atoms with Crippen molar-refractivity contribution in [2.75, 3.05) is 0 Å². The Kier molecular flexibility index (Phi) is 6.50. The number of carbonyl (C=O) groups is 2. The Morgan fingerprint density at radius 2 is 1.82 bits per heavy atom. The van der Waals surface area contributed by atoms with Gasteiger partial charge in [-0.3, -0.25) is 9.59 Å². The minimum atomic E-state index is -0.425. The molecule has 4 rings (SSSR count). The molecule has 2 amide bonds. The van der Waals surface area contributed by atoms with Crippen molar-refractivity contribution in [3.63, 3.8) is 0 Å². The van der Waals surface area contributed by atoms with Crippen LogP contribution in [0, 0.1) is 13.8 Å². The fraction of sp³-hybridized carbons (Fsp3) is 0.115. The first-order valence-electron chi connectivity index (χ1n) is 10.5. The Balaban J connectivity index is 1.55. The van der Waals surface area contributed by atoms with Crippen molar-refractivity contribution in [2.45, 2.75) is 20.4 Å². The molecular weight excluding hydrogens is 416 g/mol. The summed E-state index contributed by atoms with van der Waals surface area (Å²) in [5, 5.41) is 5.64. The second-order valence-corrected chi connectivity index (χ2v) is 7.50. The van der Waals surface area contributed by atoms with Gasteiger partial charge >= 0.3 is 0 Å². The molecule has 0 aliphatic rings. The summed E-state index contributed by atoms with van der Waals surface area (Å²) < 4.78 is 7.31. The summed E-state index contributed by atoms with van der Waals surface area (Å²) in [7, 11) is 0. The largest absolute Gasteiger partial charge is 0.465 e. The fourth-order valence-electron chi connectivity index (χ4n) is 3.49. The number of hydrogen-bond donors (Lipinski definition) is 2. The van der Waals surface area contributed by atoms with Crippen LogP contribution in [0.5, 0.6) is 0 Å². The predicted molar refractivity (Wildman–Crippen MR) is 125 cm³/mol. The van der Waals surface area contributed by atoms with Crippen LogP contribution in [0.4, 0.5) is 0 Å². The van der Waals surface area contributed by atoms with Gasteiger partial charge in [0.15, 0.2) is 0 Å². The number of imidazole rings is 1. The number of benzene rings is 2. The van der Waals surface area contributed by atoms with Crippen molar-refractivity contribution in [1.82, 2.24) is 20.2 Å². The highest BCUT2D eigenvalue weighted by molar-refractivity contribution is 6.05. The van der Waals surface area contributed by atoms with E-state index < -0.39 is 5.91 Å². The topological polar surface area (TPSA) is 89.2 Å². The van der Waals surface area contributed by atoms with E-state index in [1.54, 1.807) is 30.5 Å². The number of rotatable bonds is 7. The van der Waals surface area contributed by atoms with Crippen molar-refractivity contribution >= 4 is 17.9 Å². The lowest BCUT2D eigenvalue weighted by atomic mass is 10.1. The second-order valence-electron chi connectivity index (χ2n) is 7.50. The maximum atomic E-state index is 13.1. The smallest absolute Gasteiger partial charge is 0.268 e. The predicted octanol–water partition coefficient (Wildman–Crippen LogP) is 4.17. The molecule has 0 spiro atoms. The van der Waals surface area contributed by atoms with E-state index in [0.29, 0.717) is 11.3 Å². The molecule has 0 atom stereocenters. The molecule has 0 saturated heterocycles. The van der Waals surface area contributed by atoms with E-state index in [0.717, 1.165) is 22.6 Å². The number of para-hydroxylation sites is 1. The molecule has 2 heterocycles. The molecule has 33 heavy (non-hydrogen) atoms. The van der Waals surface area contributed by atoms with Crippen LogP contribution in [0.2, 0.25) is 0 Å². The zero-order valence-electron chi connectivity index (χ0n) is 18.4. The van der Waals surface area contributed by atoms with E-state index in [-0.39, 0.29) is 18.1 Å². The average Bonchev–Trinajstić information content (AvgIpc) is 3.49. The van der Waals surface area contributed by atoms with Crippen LogP contribution in [0.1, 0.15) is 33.1 Å². The molecule has 0 unspecified atom stereocenters. The molecule has 0 bridgehead atoms. The van der Waals surface area contributed by atoms with Gasteiger partial charge in [-0.2, -0.15) is 0 Å². The zero-order valence-corrected chi connectivity index (χ0v) is 18.4. The van der Waals surface area contributed by atoms with Crippen molar-refractivity contribution in [1.29, 1.82) is 0 Å². The monoisotopic (exact) mass is 440 g/mol. The molecule has 2 N–H and O–H groups in total. The highest BCUT2D eigenvalue weighted by Gasteiger charge is 2.17. The van der Waals surface area contributed by atoms with Gasteiger partial charge in [0.1, 0.15) is 17.3 Å². The van der Waals surface area contributed by atoms with Gasteiger partial charge < -0.3 is 19.6 Å². The molecular formula is C26H24N4O3. The Morgan fingerprint density at radius 3 is 2.55 bits per heavy atom. The van der Waals surface area contributed by atoms with Crippen LogP contribution < -0.4 is 10.6 Å². The molecule has 0 saturated carbocycles. The van der Waals surface area contributed by atoms with Gasteiger partial charge in [-0.15, -0.1) is 0 Å². The number of aromatic nitrogens is 2. The third kappa shape index (κ3) is 5.10. The quantitative estimate of drug-likeness (QED) is 0.422. The molecule has 0 radical (unpaired) electrons. The van der Waals surface area contributed by atoms with Crippen LogP contribution in [0.25, 0.3) is 11.8 Å². The summed E-state index contributed by atoms with van der Waals surface area (Å²) in [6.45, 7) is 4.03. The minimum absolute atomic E-state index is 0.0921. The molecule has 166 valence electrons. The summed E-state index contributed by atoms with van der Waals surface area (Å²) in [6.07, 6.45) is 6.63. The van der Waals surface area contributed by atoms with E-state index in [9.17, 15) is 9.59 Å². The number of nitrogens with zero attached hydrogens (tertiary/aromatic N) is 2. The highest BCUT2D eigenvalue weighted by atomic mass is 16.3. The number of carbonyl (C=O) groups excluding carboxylic acids is 2. The molecule has 7 heteroatoms. The van der Waals surface area contributed by atoms with Crippen molar-refractivity contribution in [2.24, 2.45) is 0 Å². The van der Waals surface area contributed by atoms with Gasteiger partial charge in [0.05, 0.1) is 12.0 Å². The zero-order chi connectivity index (χ0) is 23.2. The fourth-order valence-corrected chi connectivity index (χ4v) is 3.49. The van der Waals surface area contributed by atoms with E-state index in [4.69, 9.17) is 4.42 Å². The van der Waals surface area contributed by atoms with E-state index >= 15 is 0 Å². The minimum Gasteiger partial charge on any atom is -0.465 e. The van der Waals surface area contributed by atoms with Crippen molar-refractivity contribution in [3.05, 3.63) is 113 Å². The normalized spacial score (nSPS) is 11.3. The first kappa shape index (κ1) is 21.8. The van der Waals surface area contributed by atoms with Gasteiger partial charge in [-0.05, 0) is 49.2 Å². The molecule has 4 aromatic rings. The second kappa shape index (κ2) is 9.82. The maximum Gasteiger partial charge on any atom is 0.268 e. The Bertz CT molecular complexity index is 1300. The van der Waals surface area contributed by atoms with Crippen molar-refractivity contribution in [3.8, 4) is 5.69 Å². The molecule has 0 aliphatic heterocycles. The molecule has 2 aromatic heterocycles. The molecule has 0 aliphatic carbocycles. The van der Waals surface area contributed by atoms with E-state index in [1.165, 1.54) is 12.3 Å². The van der Waals surface area contributed by atoms with Crippen LogP contribution in [-0.4, -0.2) is 21.4 Å². The number of nitrogens with one attached hydrogen (secondary N) is 2. The van der Waals surface area contributed by atoms with Crippen molar-refractivity contribution < 1.29 is 14.0 Å². The van der Waals surface area contributed by atoms with E-state index in [1.807, 2.05) is 61.0 Å². The third-order valence-electron chi connectivity index (χ3n) is 5.23. The summed E-state index contributed by atoms with van der Waals surface area (Å²) in [5.41, 5.74) is 3.24. The first-order chi connectivity index (χ1) is 16.0. The summed E-state index contributed by atoms with van der Waals surface area (Å²) in [4.78, 5) is 30.2. The lowest BCUT2D eigenvalue weighted by molar-refractivity contribution is -0.117. The summed E-state index contributed by atoms with van der Waals surface area (Å²) in [5.74, 6) is 0.512. The van der Waals surface area contributed by atoms with Crippen LogP contribution in [0.3, 0.4) is 0 Å². The SMILES string of the molecule is Cc1ccccc1C(=O)N/C(=C\c1ccco1)C(=O)NCc1ccccc1-n1ccnc1C.